The van der Waals surface area contributed by atoms with Gasteiger partial charge in [-0.15, -0.1) is 0 Å². The molecule has 7 nitrogen and oxygen atoms in total. The first-order chi connectivity index (χ1) is 21.1. The van der Waals surface area contributed by atoms with Crippen LogP contribution in [-0.4, -0.2) is 62.3 Å². The lowest BCUT2D eigenvalue weighted by Gasteiger charge is -2.47. The molecule has 1 saturated carbocycles. The van der Waals surface area contributed by atoms with Crippen LogP contribution in [-0.2, 0) is 21.5 Å². The number of amides is 1. The summed E-state index contributed by atoms with van der Waals surface area (Å²) in [6.45, 7) is 3.76. The van der Waals surface area contributed by atoms with Gasteiger partial charge >= 0.3 is 6.18 Å². The van der Waals surface area contributed by atoms with Crippen LogP contribution < -0.4 is 20.5 Å². The van der Waals surface area contributed by atoms with E-state index in [9.17, 15) is 18.0 Å². The zero-order valence-corrected chi connectivity index (χ0v) is 25.1. The molecule has 0 radical (unpaired) electrons. The van der Waals surface area contributed by atoms with Crippen molar-refractivity contribution in [2.75, 3.05) is 33.3 Å². The summed E-state index contributed by atoms with van der Waals surface area (Å²) in [5.74, 6) is -1.30. The highest BCUT2D eigenvalue weighted by atomic mass is 19.4. The highest BCUT2D eigenvalue weighted by Crippen LogP contribution is 2.44. The second-order valence-corrected chi connectivity index (χ2v) is 12.7. The summed E-state index contributed by atoms with van der Waals surface area (Å²) >= 11 is 0. The SMILES string of the molecule is COc1ccc(F)c2c1C[NH2+]C[C@]21C[NH2+]C[C@H]1C(=O)N1CC[C@@H](c2ccccc2)C[C@H]1C1CCCCC1.O=C([O-])C(F)(F)F. The fourth-order valence-electron chi connectivity index (χ4n) is 8.29. The van der Waals surface area contributed by atoms with E-state index in [0.29, 0.717) is 18.4 Å². The lowest BCUT2D eigenvalue weighted by molar-refractivity contribution is -0.691. The van der Waals surface area contributed by atoms with E-state index in [1.54, 1.807) is 19.2 Å². The van der Waals surface area contributed by atoms with Crippen molar-refractivity contribution >= 4 is 11.9 Å². The van der Waals surface area contributed by atoms with E-state index in [1.165, 1.54) is 37.7 Å². The Bertz CT molecular complexity index is 1320. The van der Waals surface area contributed by atoms with Crippen molar-refractivity contribution in [3.63, 3.8) is 0 Å². The number of nitrogens with zero attached hydrogens (tertiary/aromatic N) is 1. The molecule has 3 heterocycles. The number of carbonyl (C=O) groups excluding carboxylic acids is 2. The summed E-state index contributed by atoms with van der Waals surface area (Å²) in [5.41, 5.74) is 2.60. The number of carboxylic acid groups (broad SMARTS) is 1. The summed E-state index contributed by atoms with van der Waals surface area (Å²) in [6, 6.07) is 14.4. The van der Waals surface area contributed by atoms with Crippen molar-refractivity contribution in [1.29, 1.82) is 0 Å². The third-order valence-electron chi connectivity index (χ3n) is 10.3. The van der Waals surface area contributed by atoms with Crippen molar-refractivity contribution < 1.29 is 47.6 Å². The van der Waals surface area contributed by atoms with Gasteiger partial charge in [0.2, 0.25) is 5.91 Å². The van der Waals surface area contributed by atoms with Crippen LogP contribution in [0.2, 0.25) is 0 Å². The molecule has 6 rings (SSSR count). The van der Waals surface area contributed by atoms with E-state index in [-0.39, 0.29) is 23.7 Å². The molecular formula is C33H42F4N3O4+. The molecule has 44 heavy (non-hydrogen) atoms. The quantitative estimate of drug-likeness (QED) is 0.511. The van der Waals surface area contributed by atoms with E-state index >= 15 is 4.39 Å². The van der Waals surface area contributed by atoms with Crippen LogP contribution >= 0.6 is 0 Å². The number of rotatable bonds is 4. The Hall–Kier alpha value is -3.18. The minimum atomic E-state index is -5.19. The molecule has 2 saturated heterocycles. The zero-order chi connectivity index (χ0) is 31.5. The maximum Gasteiger partial charge on any atom is 0.430 e. The first-order valence-corrected chi connectivity index (χ1v) is 15.7. The molecule has 4 N–H and O–H groups in total. The summed E-state index contributed by atoms with van der Waals surface area (Å²) in [7, 11) is 1.66. The number of benzene rings is 2. The van der Waals surface area contributed by atoms with Crippen LogP contribution in [0.4, 0.5) is 17.6 Å². The van der Waals surface area contributed by atoms with Crippen LogP contribution in [0.3, 0.4) is 0 Å². The van der Waals surface area contributed by atoms with Gasteiger partial charge in [0.15, 0.2) is 0 Å². The Balaban J connectivity index is 0.000000493. The number of ether oxygens (including phenoxy) is 1. The highest BCUT2D eigenvalue weighted by molar-refractivity contribution is 5.82. The van der Waals surface area contributed by atoms with Gasteiger partial charge in [0.05, 0.1) is 32.3 Å². The van der Waals surface area contributed by atoms with E-state index in [0.717, 1.165) is 55.9 Å². The van der Waals surface area contributed by atoms with Gasteiger partial charge in [0, 0.05) is 18.2 Å². The predicted molar refractivity (Wildman–Crippen MR) is 152 cm³/mol. The molecule has 2 aromatic carbocycles. The maximum absolute atomic E-state index is 15.6. The van der Waals surface area contributed by atoms with Gasteiger partial charge in [-0.25, -0.2) is 4.39 Å². The lowest BCUT2D eigenvalue weighted by Crippen LogP contribution is -2.91. The normalized spacial score (nSPS) is 27.3. The second-order valence-electron chi connectivity index (χ2n) is 12.7. The molecule has 240 valence electrons. The number of likely N-dealkylation sites (tertiary alicyclic amines) is 1. The molecule has 0 aromatic heterocycles. The van der Waals surface area contributed by atoms with Gasteiger partial charge in [-0.2, -0.15) is 13.2 Å². The fraction of sp³-hybridized carbons (Fsp3) is 0.576. The van der Waals surface area contributed by atoms with Crippen molar-refractivity contribution in [2.45, 2.75) is 75.0 Å². The molecule has 3 aliphatic heterocycles. The van der Waals surface area contributed by atoms with Crippen molar-refractivity contribution in [1.82, 2.24) is 4.90 Å². The Labute approximate surface area is 255 Å². The minimum Gasteiger partial charge on any atom is -0.542 e. The third kappa shape index (κ3) is 6.44. The van der Waals surface area contributed by atoms with Gasteiger partial charge in [-0.3, -0.25) is 4.79 Å². The third-order valence-corrected chi connectivity index (χ3v) is 10.3. The lowest BCUT2D eigenvalue weighted by atomic mass is 9.67. The summed E-state index contributed by atoms with van der Waals surface area (Å²) in [6.07, 6.45) is 3.16. The molecule has 4 aliphatic rings. The standard InChI is InChI=1S/C31H40FN3O2.C2HF3O2/c1-37-28-13-12-26(32)29-24(28)17-33-19-31(29)20-34-18-25(31)30(36)35-15-14-23(21-8-4-2-5-9-21)16-27(35)22-10-6-3-7-11-22;3-2(4,5)1(6)7/h2,4-5,8-9,12-13,22-23,25,27,33-34H,3,6-7,10-11,14-20H2,1H3;(H,6,7)/p+1/t23-,25+,27+,31-;/m1./s1. The van der Waals surface area contributed by atoms with Crippen LogP contribution in [0, 0.1) is 17.7 Å². The zero-order valence-electron chi connectivity index (χ0n) is 25.1. The second kappa shape index (κ2) is 13.4. The van der Waals surface area contributed by atoms with Gasteiger partial charge in [0.25, 0.3) is 0 Å². The van der Waals surface area contributed by atoms with E-state index in [1.807, 2.05) is 0 Å². The number of nitrogens with two attached hydrogens (primary N) is 2. The molecular weight excluding hydrogens is 578 g/mol. The summed E-state index contributed by atoms with van der Waals surface area (Å²) < 4.78 is 52.8. The van der Waals surface area contributed by atoms with Gasteiger partial charge < -0.3 is 30.2 Å². The Kier molecular flexibility index (Phi) is 9.84. The van der Waals surface area contributed by atoms with Crippen LogP contribution in [0.5, 0.6) is 5.75 Å². The number of halogens is 4. The van der Waals surface area contributed by atoms with Crippen molar-refractivity contribution in [2.24, 2.45) is 11.8 Å². The molecule has 1 aliphatic carbocycles. The molecule has 3 fully saturated rings. The van der Waals surface area contributed by atoms with E-state index < -0.39 is 17.6 Å². The number of alkyl halides is 3. The number of carbonyl (C=O) groups is 2. The Morgan fingerprint density at radius 2 is 1.68 bits per heavy atom. The molecule has 4 atom stereocenters. The first-order valence-electron chi connectivity index (χ1n) is 15.7. The average Bonchev–Trinajstić information content (AvgIpc) is 3.44. The molecule has 11 heteroatoms. The monoisotopic (exact) mass is 620 g/mol. The average molecular weight is 621 g/mol. The number of piperidine rings is 1. The van der Waals surface area contributed by atoms with Crippen LogP contribution in [0.25, 0.3) is 0 Å². The molecule has 0 unspecified atom stereocenters. The van der Waals surface area contributed by atoms with Gasteiger partial charge in [0.1, 0.15) is 35.4 Å². The molecule has 0 bridgehead atoms. The number of hydrogen-bond donors (Lipinski definition) is 2. The number of methoxy groups -OCH3 is 1. The number of quaternary nitrogens is 2. The first kappa shape index (κ1) is 32.2. The van der Waals surface area contributed by atoms with E-state index in [4.69, 9.17) is 14.6 Å². The topological polar surface area (TPSA) is 103 Å². The van der Waals surface area contributed by atoms with Crippen LogP contribution in [0.1, 0.15) is 67.6 Å². The van der Waals surface area contributed by atoms with Crippen molar-refractivity contribution in [3.8, 4) is 5.75 Å². The number of aliphatic carboxylic acids is 1. The van der Waals surface area contributed by atoms with Gasteiger partial charge in [-0.1, -0.05) is 49.6 Å². The minimum absolute atomic E-state index is 0.177. The number of carboxylic acids is 1. The smallest absolute Gasteiger partial charge is 0.430 e. The highest BCUT2D eigenvalue weighted by Gasteiger charge is 2.58. The van der Waals surface area contributed by atoms with Gasteiger partial charge in [-0.05, 0) is 55.2 Å². The molecule has 2 aromatic rings. The Morgan fingerprint density at radius 3 is 2.34 bits per heavy atom. The predicted octanol–water partition coefficient (Wildman–Crippen LogP) is 2.00. The van der Waals surface area contributed by atoms with E-state index in [2.05, 4.69) is 45.9 Å². The maximum atomic E-state index is 15.6. The largest absolute Gasteiger partial charge is 0.542 e. The van der Waals surface area contributed by atoms with Crippen LogP contribution in [0.15, 0.2) is 42.5 Å². The summed E-state index contributed by atoms with van der Waals surface area (Å²) in [4.78, 5) is 25.6. The fourth-order valence-corrected chi connectivity index (χ4v) is 8.29. The summed E-state index contributed by atoms with van der Waals surface area (Å²) in [5, 5.41) is 13.3. The van der Waals surface area contributed by atoms with Crippen molar-refractivity contribution in [3.05, 3.63) is 65.0 Å². The molecule has 1 amide bonds. The molecule has 1 spiro atoms. The number of fused-ring (bicyclic) bond motifs is 2. The Morgan fingerprint density at radius 1 is 1.00 bits per heavy atom. The number of hydrogen-bond acceptors (Lipinski definition) is 4.